The zero-order valence-electron chi connectivity index (χ0n) is 12.8. The summed E-state index contributed by atoms with van der Waals surface area (Å²) in [5.41, 5.74) is 11.7. The summed E-state index contributed by atoms with van der Waals surface area (Å²) < 4.78 is 13.7. The molecule has 6 heteroatoms. The van der Waals surface area contributed by atoms with E-state index in [2.05, 4.69) is 21.1 Å². The molecular formula is C18H12FN5. The Morgan fingerprint density at radius 3 is 2.83 bits per heavy atom. The third-order valence-corrected chi connectivity index (χ3v) is 3.83. The molecular weight excluding hydrogens is 305 g/mol. The van der Waals surface area contributed by atoms with Crippen LogP contribution in [0.5, 0.6) is 0 Å². The molecule has 0 aliphatic heterocycles. The number of aromatic nitrogens is 1. The molecule has 116 valence electrons. The third-order valence-electron chi connectivity index (χ3n) is 3.83. The molecule has 24 heavy (non-hydrogen) atoms. The maximum absolute atomic E-state index is 13.7. The van der Waals surface area contributed by atoms with Crippen molar-refractivity contribution >= 4 is 10.9 Å². The van der Waals surface area contributed by atoms with Crippen LogP contribution in [-0.2, 0) is 0 Å². The molecule has 1 atom stereocenters. The fourth-order valence-electron chi connectivity index (χ4n) is 2.77. The van der Waals surface area contributed by atoms with E-state index in [0.717, 1.165) is 0 Å². The molecule has 0 saturated carbocycles. The van der Waals surface area contributed by atoms with Gasteiger partial charge in [-0.3, -0.25) is 4.98 Å². The van der Waals surface area contributed by atoms with Gasteiger partial charge in [-0.1, -0.05) is 24.2 Å². The predicted molar refractivity (Wildman–Crippen MR) is 89.4 cm³/mol. The smallest absolute Gasteiger partial charge is 0.123 e. The van der Waals surface area contributed by atoms with Crippen molar-refractivity contribution in [2.24, 2.45) is 5.11 Å². The van der Waals surface area contributed by atoms with Crippen LogP contribution >= 0.6 is 0 Å². The number of benzene rings is 2. The Bertz CT molecular complexity index is 1020. The molecule has 0 fully saturated rings. The van der Waals surface area contributed by atoms with E-state index in [0.29, 0.717) is 33.2 Å². The maximum atomic E-state index is 13.7. The van der Waals surface area contributed by atoms with Crippen LogP contribution in [0, 0.1) is 17.1 Å². The van der Waals surface area contributed by atoms with Crippen LogP contribution in [0.1, 0.15) is 24.1 Å². The number of hydrogen-bond donors (Lipinski definition) is 0. The second-order valence-corrected chi connectivity index (χ2v) is 5.29. The monoisotopic (exact) mass is 317 g/mol. The fourth-order valence-corrected chi connectivity index (χ4v) is 2.77. The van der Waals surface area contributed by atoms with Crippen molar-refractivity contribution in [2.45, 2.75) is 13.0 Å². The molecule has 0 aliphatic carbocycles. The molecule has 2 aromatic carbocycles. The summed E-state index contributed by atoms with van der Waals surface area (Å²) in [6.45, 7) is 1.73. The van der Waals surface area contributed by atoms with E-state index in [9.17, 15) is 9.65 Å². The molecule has 0 saturated heterocycles. The first-order chi connectivity index (χ1) is 11.7. The minimum atomic E-state index is -0.522. The van der Waals surface area contributed by atoms with Gasteiger partial charge in [0.25, 0.3) is 0 Å². The second-order valence-electron chi connectivity index (χ2n) is 5.29. The predicted octanol–water partition coefficient (Wildman–Crippen LogP) is 5.28. The minimum Gasteiger partial charge on any atom is -0.256 e. The average Bonchev–Trinajstić information content (AvgIpc) is 2.60. The summed E-state index contributed by atoms with van der Waals surface area (Å²) in [6.07, 6.45) is 1.62. The van der Waals surface area contributed by atoms with Crippen LogP contribution in [-0.4, -0.2) is 4.98 Å². The Morgan fingerprint density at radius 2 is 2.12 bits per heavy atom. The summed E-state index contributed by atoms with van der Waals surface area (Å²) in [5, 5.41) is 13.8. The van der Waals surface area contributed by atoms with Gasteiger partial charge in [0.1, 0.15) is 5.82 Å². The average molecular weight is 317 g/mol. The van der Waals surface area contributed by atoms with Crippen molar-refractivity contribution in [3.05, 3.63) is 76.0 Å². The number of nitrogens with zero attached hydrogens (tertiary/aromatic N) is 5. The lowest BCUT2D eigenvalue weighted by Gasteiger charge is -2.16. The van der Waals surface area contributed by atoms with Crippen LogP contribution in [0.2, 0.25) is 0 Å². The van der Waals surface area contributed by atoms with Gasteiger partial charge in [-0.25, -0.2) is 4.39 Å². The van der Waals surface area contributed by atoms with E-state index in [4.69, 9.17) is 5.53 Å². The topological polar surface area (TPSA) is 85.4 Å². The van der Waals surface area contributed by atoms with Crippen molar-refractivity contribution in [1.29, 1.82) is 5.26 Å². The molecule has 0 N–H and O–H groups in total. The largest absolute Gasteiger partial charge is 0.256 e. The number of fused-ring (bicyclic) bond motifs is 1. The van der Waals surface area contributed by atoms with Gasteiger partial charge in [0.2, 0.25) is 0 Å². The minimum absolute atomic E-state index is 0.372. The van der Waals surface area contributed by atoms with Gasteiger partial charge in [-0.2, -0.15) is 5.26 Å². The first-order valence-electron chi connectivity index (χ1n) is 7.27. The van der Waals surface area contributed by atoms with Crippen molar-refractivity contribution < 1.29 is 4.39 Å². The van der Waals surface area contributed by atoms with Gasteiger partial charge in [0, 0.05) is 22.1 Å². The Morgan fingerprint density at radius 1 is 1.29 bits per heavy atom. The third kappa shape index (κ3) is 2.65. The first kappa shape index (κ1) is 15.5. The Kier molecular flexibility index (Phi) is 4.11. The SMILES string of the molecule is CC(N=[N+]=[N-])c1cc(C#N)c2cccnc2c1-c1cccc(F)c1. The fraction of sp³-hybridized carbons (Fsp3) is 0.111. The van der Waals surface area contributed by atoms with E-state index < -0.39 is 6.04 Å². The highest BCUT2D eigenvalue weighted by molar-refractivity contribution is 5.98. The highest BCUT2D eigenvalue weighted by Crippen LogP contribution is 2.37. The normalized spacial score (nSPS) is 11.5. The van der Waals surface area contributed by atoms with E-state index in [1.807, 2.05) is 0 Å². The van der Waals surface area contributed by atoms with Gasteiger partial charge >= 0.3 is 0 Å². The zero-order valence-corrected chi connectivity index (χ0v) is 12.8. The summed E-state index contributed by atoms with van der Waals surface area (Å²) in [4.78, 5) is 7.24. The molecule has 1 unspecified atom stereocenters. The zero-order chi connectivity index (χ0) is 17.1. The molecule has 1 heterocycles. The summed E-state index contributed by atoms with van der Waals surface area (Å²) in [5.74, 6) is -0.372. The van der Waals surface area contributed by atoms with Gasteiger partial charge in [-0.15, -0.1) is 0 Å². The number of pyridine rings is 1. The van der Waals surface area contributed by atoms with Gasteiger partial charge in [-0.05, 0) is 47.0 Å². The summed E-state index contributed by atoms with van der Waals surface area (Å²) in [7, 11) is 0. The first-order valence-corrected chi connectivity index (χ1v) is 7.27. The van der Waals surface area contributed by atoms with Crippen LogP contribution in [0.3, 0.4) is 0 Å². The molecule has 3 aromatic rings. The number of rotatable bonds is 3. The molecule has 5 nitrogen and oxygen atoms in total. The van der Waals surface area contributed by atoms with Crippen molar-refractivity contribution in [3.8, 4) is 17.2 Å². The summed E-state index contributed by atoms with van der Waals surface area (Å²) in [6, 6.07) is 13.0. The van der Waals surface area contributed by atoms with Gasteiger partial charge in [0.05, 0.1) is 23.2 Å². The lowest BCUT2D eigenvalue weighted by molar-refractivity contribution is 0.628. The highest BCUT2D eigenvalue weighted by Gasteiger charge is 2.18. The maximum Gasteiger partial charge on any atom is 0.123 e. The summed E-state index contributed by atoms with van der Waals surface area (Å²) >= 11 is 0. The quantitative estimate of drug-likeness (QED) is 0.373. The Hall–Kier alpha value is -3.42. The van der Waals surface area contributed by atoms with E-state index in [1.165, 1.54) is 12.1 Å². The molecule has 0 amide bonds. The lowest BCUT2D eigenvalue weighted by atomic mass is 9.90. The number of halogens is 1. The van der Waals surface area contributed by atoms with E-state index in [1.54, 1.807) is 43.5 Å². The van der Waals surface area contributed by atoms with E-state index >= 15 is 0 Å². The molecule has 0 aliphatic rings. The number of hydrogen-bond acceptors (Lipinski definition) is 3. The standard InChI is InChI=1S/C18H12FN5/c1-11(23-24-21)16-9-13(10-20)15-6-3-7-22-18(15)17(16)12-4-2-5-14(19)8-12/h2-9,11H,1H3. The van der Waals surface area contributed by atoms with Crippen LogP contribution in [0.15, 0.2) is 53.8 Å². The Balaban J connectivity index is 2.46. The van der Waals surface area contributed by atoms with Crippen molar-refractivity contribution in [2.75, 3.05) is 0 Å². The molecule has 0 radical (unpaired) electrons. The van der Waals surface area contributed by atoms with Crippen LogP contribution in [0.4, 0.5) is 4.39 Å². The van der Waals surface area contributed by atoms with E-state index in [-0.39, 0.29) is 5.82 Å². The lowest BCUT2D eigenvalue weighted by Crippen LogP contribution is -1.99. The second kappa shape index (κ2) is 6.37. The van der Waals surface area contributed by atoms with Gasteiger partial charge in [0.15, 0.2) is 0 Å². The van der Waals surface area contributed by atoms with Crippen LogP contribution < -0.4 is 0 Å². The Labute approximate surface area is 137 Å². The van der Waals surface area contributed by atoms with Crippen LogP contribution in [0.25, 0.3) is 32.5 Å². The van der Waals surface area contributed by atoms with Gasteiger partial charge < -0.3 is 0 Å². The molecule has 1 aromatic heterocycles. The van der Waals surface area contributed by atoms with Crippen molar-refractivity contribution in [1.82, 2.24) is 4.98 Å². The molecule has 0 bridgehead atoms. The highest BCUT2D eigenvalue weighted by atomic mass is 19.1. The van der Waals surface area contributed by atoms with Crippen molar-refractivity contribution in [3.63, 3.8) is 0 Å². The molecule has 3 rings (SSSR count). The molecule has 0 spiro atoms. The number of nitriles is 1. The number of azide groups is 1.